The second-order valence-electron chi connectivity index (χ2n) is 5.15. The molecule has 122 valence electrons. The van der Waals surface area contributed by atoms with Gasteiger partial charge in [0.25, 0.3) is 11.1 Å². The zero-order valence-electron chi connectivity index (χ0n) is 12.3. The first-order valence-electron chi connectivity index (χ1n) is 6.96. The van der Waals surface area contributed by atoms with Crippen LogP contribution in [0.15, 0.2) is 51.8 Å². The molecule has 0 radical (unpaired) electrons. The largest absolute Gasteiger partial charge is 0.504 e. The van der Waals surface area contributed by atoms with E-state index in [1.54, 1.807) is 6.07 Å². The molecule has 0 aromatic heterocycles. The van der Waals surface area contributed by atoms with Crippen molar-refractivity contribution in [2.24, 2.45) is 0 Å². The lowest BCUT2D eigenvalue weighted by Crippen LogP contribution is -2.27. The van der Waals surface area contributed by atoms with Crippen LogP contribution in [0.4, 0.5) is 4.79 Å². The van der Waals surface area contributed by atoms with Crippen molar-refractivity contribution in [2.45, 2.75) is 6.54 Å². The second-order valence-corrected chi connectivity index (χ2v) is 7.05. The van der Waals surface area contributed by atoms with Crippen LogP contribution in [0.2, 0.25) is 0 Å². The number of amides is 2. The van der Waals surface area contributed by atoms with Gasteiger partial charge in [-0.1, -0.05) is 34.1 Å². The number of carbonyl (C=O) groups is 2. The van der Waals surface area contributed by atoms with E-state index in [-0.39, 0.29) is 34.1 Å². The standard InChI is InChI=1S/C17H12BrNO4S/c18-12-3-1-2-11(6-12)9-19-16(22)15(24-17(19)23)8-10-4-5-13(20)14(21)7-10/h1-8,20-21H,9H2/b15-8+. The summed E-state index contributed by atoms with van der Waals surface area (Å²) in [6.45, 7) is 0.197. The van der Waals surface area contributed by atoms with Gasteiger partial charge in [-0.15, -0.1) is 0 Å². The van der Waals surface area contributed by atoms with Crippen LogP contribution in [0.1, 0.15) is 11.1 Å². The minimum Gasteiger partial charge on any atom is -0.504 e. The van der Waals surface area contributed by atoms with Crippen LogP contribution < -0.4 is 0 Å². The highest BCUT2D eigenvalue weighted by Crippen LogP contribution is 2.34. The average Bonchev–Trinajstić information content (AvgIpc) is 2.79. The van der Waals surface area contributed by atoms with E-state index in [2.05, 4.69) is 15.9 Å². The Hall–Kier alpha value is -2.25. The van der Waals surface area contributed by atoms with Crippen LogP contribution in [0.25, 0.3) is 6.08 Å². The highest BCUT2D eigenvalue weighted by molar-refractivity contribution is 9.10. The molecule has 0 unspecified atom stereocenters. The maximum Gasteiger partial charge on any atom is 0.293 e. The zero-order chi connectivity index (χ0) is 17.3. The molecule has 2 aromatic rings. The second kappa shape index (κ2) is 6.70. The molecule has 0 spiro atoms. The Morgan fingerprint density at radius 2 is 1.88 bits per heavy atom. The lowest BCUT2D eigenvalue weighted by Gasteiger charge is -2.12. The van der Waals surface area contributed by atoms with Gasteiger partial charge in [0.05, 0.1) is 11.4 Å². The Bertz CT molecular complexity index is 865. The van der Waals surface area contributed by atoms with Crippen LogP contribution >= 0.6 is 27.7 Å². The fourth-order valence-electron chi connectivity index (χ4n) is 2.24. The van der Waals surface area contributed by atoms with E-state index in [0.29, 0.717) is 5.56 Å². The summed E-state index contributed by atoms with van der Waals surface area (Å²) in [5.74, 6) is -0.899. The molecule has 2 amide bonds. The first-order chi connectivity index (χ1) is 11.4. The van der Waals surface area contributed by atoms with E-state index in [1.807, 2.05) is 24.3 Å². The van der Waals surface area contributed by atoms with Gasteiger partial charge in [-0.2, -0.15) is 0 Å². The number of nitrogens with zero attached hydrogens (tertiary/aromatic N) is 1. The summed E-state index contributed by atoms with van der Waals surface area (Å²) < 4.78 is 0.877. The number of hydrogen-bond donors (Lipinski definition) is 2. The number of aromatic hydroxyl groups is 2. The van der Waals surface area contributed by atoms with Crippen molar-refractivity contribution in [1.82, 2.24) is 4.90 Å². The van der Waals surface area contributed by atoms with Crippen molar-refractivity contribution in [3.8, 4) is 11.5 Å². The van der Waals surface area contributed by atoms with Crippen LogP contribution in [0, 0.1) is 0 Å². The van der Waals surface area contributed by atoms with Gasteiger partial charge in [0.2, 0.25) is 0 Å². The van der Waals surface area contributed by atoms with Gasteiger partial charge in [-0.05, 0) is 53.2 Å². The van der Waals surface area contributed by atoms with Gasteiger partial charge in [-0.25, -0.2) is 0 Å². The monoisotopic (exact) mass is 405 g/mol. The highest BCUT2D eigenvalue weighted by atomic mass is 79.9. The molecule has 0 atom stereocenters. The summed E-state index contributed by atoms with van der Waals surface area (Å²) in [5, 5.41) is 18.5. The Morgan fingerprint density at radius 3 is 2.58 bits per heavy atom. The summed E-state index contributed by atoms with van der Waals surface area (Å²) in [6.07, 6.45) is 1.52. The van der Waals surface area contributed by atoms with Crippen molar-refractivity contribution < 1.29 is 19.8 Å². The first kappa shape index (κ1) is 16.6. The number of hydrogen-bond acceptors (Lipinski definition) is 5. The Kier molecular flexibility index (Phi) is 4.64. The zero-order valence-corrected chi connectivity index (χ0v) is 14.7. The van der Waals surface area contributed by atoms with Crippen LogP contribution in [-0.4, -0.2) is 26.3 Å². The molecule has 0 saturated carbocycles. The molecule has 3 rings (SSSR count). The molecular weight excluding hydrogens is 394 g/mol. The van der Waals surface area contributed by atoms with E-state index in [4.69, 9.17) is 0 Å². The quantitative estimate of drug-likeness (QED) is 0.593. The van der Waals surface area contributed by atoms with Crippen LogP contribution in [-0.2, 0) is 11.3 Å². The summed E-state index contributed by atoms with van der Waals surface area (Å²) in [6, 6.07) is 11.6. The lowest BCUT2D eigenvalue weighted by atomic mass is 10.2. The summed E-state index contributed by atoms with van der Waals surface area (Å²) in [7, 11) is 0. The van der Waals surface area contributed by atoms with Crippen LogP contribution in [0.3, 0.4) is 0 Å². The molecule has 7 heteroatoms. The Balaban J connectivity index is 1.83. The maximum atomic E-state index is 12.5. The normalized spacial score (nSPS) is 16.2. The number of carbonyl (C=O) groups excluding carboxylic acids is 2. The van der Waals surface area contributed by atoms with E-state index >= 15 is 0 Å². The van der Waals surface area contributed by atoms with Crippen molar-refractivity contribution in [3.05, 3.63) is 63.0 Å². The number of halogens is 1. The van der Waals surface area contributed by atoms with Gasteiger partial charge >= 0.3 is 0 Å². The molecule has 2 aromatic carbocycles. The molecule has 0 bridgehead atoms. The average molecular weight is 406 g/mol. The molecule has 1 heterocycles. The fourth-order valence-corrected chi connectivity index (χ4v) is 3.52. The molecule has 1 fully saturated rings. The molecular formula is C17H12BrNO4S. The lowest BCUT2D eigenvalue weighted by molar-refractivity contribution is -0.123. The third-order valence-corrected chi connectivity index (χ3v) is 4.80. The third kappa shape index (κ3) is 3.47. The summed E-state index contributed by atoms with van der Waals surface area (Å²) in [4.78, 5) is 26.0. The van der Waals surface area contributed by atoms with Crippen molar-refractivity contribution in [3.63, 3.8) is 0 Å². The number of phenolic OH excluding ortho intramolecular Hbond substituents is 2. The predicted molar refractivity (Wildman–Crippen MR) is 95.4 cm³/mol. The molecule has 0 aliphatic carbocycles. The number of thioether (sulfide) groups is 1. The third-order valence-electron chi connectivity index (χ3n) is 3.40. The summed E-state index contributed by atoms with van der Waals surface area (Å²) in [5.41, 5.74) is 1.37. The first-order valence-corrected chi connectivity index (χ1v) is 8.57. The van der Waals surface area contributed by atoms with Gasteiger partial charge in [-0.3, -0.25) is 14.5 Å². The Morgan fingerprint density at radius 1 is 1.08 bits per heavy atom. The van der Waals surface area contributed by atoms with Crippen molar-refractivity contribution in [2.75, 3.05) is 0 Å². The molecule has 1 aliphatic heterocycles. The Labute approximate surface area is 150 Å². The van der Waals surface area contributed by atoms with Gasteiger partial charge in [0.1, 0.15) is 0 Å². The number of benzene rings is 2. The summed E-state index contributed by atoms with van der Waals surface area (Å²) >= 11 is 4.21. The number of phenols is 2. The van der Waals surface area contributed by atoms with E-state index in [1.165, 1.54) is 23.1 Å². The minimum absolute atomic E-state index is 0.197. The van der Waals surface area contributed by atoms with Gasteiger partial charge < -0.3 is 10.2 Å². The molecule has 1 saturated heterocycles. The predicted octanol–water partition coefficient (Wildman–Crippen LogP) is 4.10. The maximum absolute atomic E-state index is 12.5. The van der Waals surface area contributed by atoms with Crippen molar-refractivity contribution >= 4 is 44.9 Å². The number of rotatable bonds is 3. The fraction of sp³-hybridized carbons (Fsp3) is 0.0588. The highest BCUT2D eigenvalue weighted by Gasteiger charge is 2.35. The molecule has 5 nitrogen and oxygen atoms in total. The molecule has 24 heavy (non-hydrogen) atoms. The van der Waals surface area contributed by atoms with Gasteiger partial charge in [0.15, 0.2) is 11.5 Å². The van der Waals surface area contributed by atoms with E-state index in [0.717, 1.165) is 21.8 Å². The SMILES string of the molecule is O=C1S/C(=C/c2ccc(O)c(O)c2)C(=O)N1Cc1cccc(Br)c1. The van der Waals surface area contributed by atoms with Gasteiger partial charge in [0, 0.05) is 4.47 Å². The van der Waals surface area contributed by atoms with E-state index in [9.17, 15) is 19.8 Å². The number of imide groups is 1. The topological polar surface area (TPSA) is 77.8 Å². The van der Waals surface area contributed by atoms with E-state index < -0.39 is 0 Å². The smallest absolute Gasteiger partial charge is 0.293 e. The molecule has 2 N–H and O–H groups in total. The van der Waals surface area contributed by atoms with Crippen molar-refractivity contribution in [1.29, 1.82) is 0 Å². The molecule has 1 aliphatic rings. The minimum atomic E-state index is -0.377. The van der Waals surface area contributed by atoms with Crippen LogP contribution in [0.5, 0.6) is 11.5 Å².